The van der Waals surface area contributed by atoms with Crippen LogP contribution in [0.2, 0.25) is 0 Å². The minimum absolute atomic E-state index is 0.223. The molecule has 2 heterocycles. The summed E-state index contributed by atoms with van der Waals surface area (Å²) in [6, 6.07) is 4.94. The van der Waals surface area contributed by atoms with Gasteiger partial charge in [-0.3, -0.25) is 0 Å². The van der Waals surface area contributed by atoms with Gasteiger partial charge in [-0.2, -0.15) is 0 Å². The molecule has 0 fully saturated rings. The highest BCUT2D eigenvalue weighted by molar-refractivity contribution is 7.99. The van der Waals surface area contributed by atoms with Gasteiger partial charge < -0.3 is 9.84 Å². The number of methoxy groups -OCH3 is 1. The molecule has 19 heavy (non-hydrogen) atoms. The van der Waals surface area contributed by atoms with Gasteiger partial charge in [0, 0.05) is 21.4 Å². The van der Waals surface area contributed by atoms with Crippen molar-refractivity contribution in [3.05, 3.63) is 40.3 Å². The van der Waals surface area contributed by atoms with E-state index in [1.807, 2.05) is 0 Å². The molecule has 0 aliphatic carbocycles. The van der Waals surface area contributed by atoms with E-state index in [0.717, 1.165) is 21.1 Å². The van der Waals surface area contributed by atoms with Crippen molar-refractivity contribution in [2.75, 3.05) is 7.11 Å². The number of pyridine rings is 1. The van der Waals surface area contributed by atoms with E-state index in [2.05, 4.69) is 9.72 Å². The lowest BCUT2D eigenvalue weighted by Crippen LogP contribution is -2.03. The van der Waals surface area contributed by atoms with Crippen molar-refractivity contribution >= 4 is 35.0 Å². The molecule has 0 aliphatic heterocycles. The van der Waals surface area contributed by atoms with Crippen LogP contribution in [0.1, 0.15) is 20.2 Å². The van der Waals surface area contributed by atoms with Crippen molar-refractivity contribution in [2.45, 2.75) is 9.79 Å². The lowest BCUT2D eigenvalue weighted by molar-refractivity contribution is 0.0593. The van der Waals surface area contributed by atoms with Gasteiger partial charge in [0.15, 0.2) is 0 Å². The first-order chi connectivity index (χ1) is 9.10. The van der Waals surface area contributed by atoms with Crippen LogP contribution in [0.25, 0.3) is 0 Å². The van der Waals surface area contributed by atoms with Gasteiger partial charge >= 0.3 is 11.9 Å². The zero-order valence-electron chi connectivity index (χ0n) is 9.82. The van der Waals surface area contributed by atoms with Crippen LogP contribution < -0.4 is 0 Å². The molecule has 0 amide bonds. The molecule has 0 bridgehead atoms. The molecule has 0 aromatic carbocycles. The quantitative estimate of drug-likeness (QED) is 0.874. The van der Waals surface area contributed by atoms with Gasteiger partial charge in [0.1, 0.15) is 10.6 Å². The maximum atomic E-state index is 11.3. The Morgan fingerprint density at radius 1 is 1.37 bits per heavy atom. The minimum Gasteiger partial charge on any atom is -0.477 e. The zero-order valence-corrected chi connectivity index (χ0v) is 11.5. The minimum atomic E-state index is -0.943. The highest BCUT2D eigenvalue weighted by atomic mass is 32.2. The second-order valence-electron chi connectivity index (χ2n) is 3.42. The second kappa shape index (κ2) is 5.85. The Bertz CT molecular complexity index is 624. The third-order valence-corrected chi connectivity index (χ3v) is 4.18. The van der Waals surface area contributed by atoms with Crippen LogP contribution in [-0.2, 0) is 4.74 Å². The topological polar surface area (TPSA) is 76.5 Å². The van der Waals surface area contributed by atoms with E-state index in [1.54, 1.807) is 23.6 Å². The number of thiophene rings is 1. The van der Waals surface area contributed by atoms with Gasteiger partial charge in [-0.1, -0.05) is 11.8 Å². The smallest absolute Gasteiger partial charge is 0.356 e. The molecular formula is C12H9NO4S2. The Hall–Kier alpha value is -1.86. The number of hydrogen-bond donors (Lipinski definition) is 1. The van der Waals surface area contributed by atoms with Gasteiger partial charge in [-0.15, -0.1) is 11.3 Å². The molecule has 0 saturated carbocycles. The highest BCUT2D eigenvalue weighted by Gasteiger charge is 2.10. The summed E-state index contributed by atoms with van der Waals surface area (Å²) in [7, 11) is 1.29. The van der Waals surface area contributed by atoms with Crippen LogP contribution in [0.4, 0.5) is 0 Å². The van der Waals surface area contributed by atoms with Gasteiger partial charge in [0.05, 0.1) is 7.11 Å². The summed E-state index contributed by atoms with van der Waals surface area (Å²) in [6.07, 6.45) is 1.51. The summed E-state index contributed by atoms with van der Waals surface area (Å²) in [4.78, 5) is 27.9. The first-order valence-electron chi connectivity index (χ1n) is 5.14. The Labute approximate surface area is 117 Å². The molecule has 0 radical (unpaired) electrons. The van der Waals surface area contributed by atoms with Crippen molar-refractivity contribution in [3.8, 4) is 0 Å². The number of carbonyl (C=O) groups excluding carboxylic acids is 1. The Morgan fingerprint density at radius 3 is 2.79 bits per heavy atom. The number of carboxylic acids is 1. The fourth-order valence-electron chi connectivity index (χ4n) is 1.31. The number of ether oxygens (including phenoxy) is 1. The van der Waals surface area contributed by atoms with Gasteiger partial charge in [-0.05, 0) is 18.2 Å². The molecule has 0 aliphatic rings. The summed E-state index contributed by atoms with van der Waals surface area (Å²) < 4.78 is 4.59. The predicted molar refractivity (Wildman–Crippen MR) is 71.0 cm³/mol. The van der Waals surface area contributed by atoms with E-state index < -0.39 is 11.9 Å². The van der Waals surface area contributed by atoms with E-state index >= 15 is 0 Å². The third-order valence-electron chi connectivity index (χ3n) is 2.15. The number of hydrogen-bond acceptors (Lipinski definition) is 6. The average Bonchev–Trinajstić information content (AvgIpc) is 2.87. The van der Waals surface area contributed by atoms with Crippen molar-refractivity contribution in [2.24, 2.45) is 0 Å². The molecule has 0 spiro atoms. The van der Waals surface area contributed by atoms with Gasteiger partial charge in [-0.25, -0.2) is 14.6 Å². The molecule has 2 rings (SSSR count). The molecule has 1 N–H and O–H groups in total. The Kier molecular flexibility index (Phi) is 4.18. The van der Waals surface area contributed by atoms with E-state index in [0.29, 0.717) is 0 Å². The molecule has 0 atom stereocenters. The van der Waals surface area contributed by atoms with E-state index in [-0.39, 0.29) is 10.6 Å². The summed E-state index contributed by atoms with van der Waals surface area (Å²) in [5, 5.41) is 10.6. The van der Waals surface area contributed by atoms with Crippen LogP contribution in [0.15, 0.2) is 39.6 Å². The lowest BCUT2D eigenvalue weighted by atomic mass is 10.3. The first kappa shape index (κ1) is 13.6. The van der Waals surface area contributed by atoms with Crippen LogP contribution >= 0.6 is 23.1 Å². The maximum Gasteiger partial charge on any atom is 0.356 e. The molecule has 0 unspecified atom stereocenters. The van der Waals surface area contributed by atoms with Crippen LogP contribution in [0.5, 0.6) is 0 Å². The molecule has 98 valence electrons. The number of rotatable bonds is 4. The van der Waals surface area contributed by atoms with Gasteiger partial charge in [0.25, 0.3) is 0 Å². The predicted octanol–water partition coefficient (Wildman–Crippen LogP) is 2.78. The van der Waals surface area contributed by atoms with Crippen molar-refractivity contribution in [1.82, 2.24) is 4.98 Å². The number of aromatic carboxylic acids is 1. The molecule has 0 saturated heterocycles. The summed E-state index contributed by atoms with van der Waals surface area (Å²) in [5.74, 6) is -1.44. The number of esters is 1. The molecule has 2 aromatic rings. The maximum absolute atomic E-state index is 11.3. The number of carboxylic acid groups (broad SMARTS) is 1. The number of nitrogens with zero attached hydrogens (tertiary/aromatic N) is 1. The van der Waals surface area contributed by atoms with Crippen LogP contribution in [0, 0.1) is 0 Å². The van der Waals surface area contributed by atoms with Crippen LogP contribution in [-0.4, -0.2) is 29.1 Å². The van der Waals surface area contributed by atoms with Crippen LogP contribution in [0.3, 0.4) is 0 Å². The molecule has 2 aromatic heterocycles. The van der Waals surface area contributed by atoms with E-state index in [9.17, 15) is 9.59 Å². The third kappa shape index (κ3) is 3.33. The summed E-state index contributed by atoms with van der Waals surface area (Å²) in [5.41, 5.74) is 0.223. The number of aromatic nitrogens is 1. The monoisotopic (exact) mass is 295 g/mol. The normalized spacial score (nSPS) is 10.2. The highest BCUT2D eigenvalue weighted by Crippen LogP contribution is 2.31. The SMILES string of the molecule is COC(=O)c1cc(Sc2csc(C(=O)O)c2)ccn1. The summed E-state index contributed by atoms with van der Waals surface area (Å²) >= 11 is 2.53. The summed E-state index contributed by atoms with van der Waals surface area (Å²) in [6.45, 7) is 0. The molecule has 7 heteroatoms. The van der Waals surface area contributed by atoms with E-state index in [1.165, 1.54) is 25.1 Å². The van der Waals surface area contributed by atoms with Crippen molar-refractivity contribution < 1.29 is 19.4 Å². The fraction of sp³-hybridized carbons (Fsp3) is 0.0833. The first-order valence-corrected chi connectivity index (χ1v) is 6.84. The Balaban J connectivity index is 2.18. The van der Waals surface area contributed by atoms with Gasteiger partial charge in [0.2, 0.25) is 0 Å². The second-order valence-corrected chi connectivity index (χ2v) is 5.48. The molecule has 5 nitrogen and oxygen atoms in total. The Morgan fingerprint density at radius 2 is 2.16 bits per heavy atom. The number of carbonyl (C=O) groups is 2. The largest absolute Gasteiger partial charge is 0.477 e. The zero-order chi connectivity index (χ0) is 13.8. The lowest BCUT2D eigenvalue weighted by Gasteiger charge is -2.01. The van der Waals surface area contributed by atoms with Crippen molar-refractivity contribution in [1.29, 1.82) is 0 Å². The average molecular weight is 295 g/mol. The fourth-order valence-corrected chi connectivity index (χ4v) is 3.08. The molecular weight excluding hydrogens is 286 g/mol. The standard InChI is InChI=1S/C12H9NO4S2/c1-17-12(16)9-4-7(2-3-13-9)19-8-5-10(11(14)15)18-6-8/h2-6H,1H3,(H,14,15). The van der Waals surface area contributed by atoms with E-state index in [4.69, 9.17) is 5.11 Å². The van der Waals surface area contributed by atoms with Crippen molar-refractivity contribution in [3.63, 3.8) is 0 Å².